The predicted molar refractivity (Wildman–Crippen MR) is 222 cm³/mol. The first-order valence-electron chi connectivity index (χ1n) is 18.7. The van der Waals surface area contributed by atoms with Gasteiger partial charge in [-0.3, -0.25) is 14.6 Å². The normalized spacial score (nSPS) is 14.6. The van der Waals surface area contributed by atoms with E-state index in [0.29, 0.717) is 58.7 Å². The highest BCUT2D eigenvalue weighted by Crippen LogP contribution is 2.26. The number of hydrogen-bond acceptors (Lipinski definition) is 8. The molecule has 0 radical (unpaired) electrons. The third-order valence-corrected chi connectivity index (χ3v) is 10.4. The van der Waals surface area contributed by atoms with Gasteiger partial charge in [0.05, 0.1) is 32.3 Å². The van der Waals surface area contributed by atoms with Crippen molar-refractivity contribution in [1.29, 1.82) is 0 Å². The lowest BCUT2D eigenvalue weighted by Crippen LogP contribution is -2.52. The molecule has 4 amide bonds. The van der Waals surface area contributed by atoms with Gasteiger partial charge in [-0.25, -0.2) is 23.2 Å². The molecule has 308 valence electrons. The number of benzene rings is 4. The second-order valence-electron chi connectivity index (χ2n) is 14.0. The Balaban J connectivity index is 0.000000221. The van der Waals surface area contributed by atoms with Crippen LogP contribution in [0.3, 0.4) is 0 Å². The molecule has 0 bridgehead atoms. The molecule has 58 heavy (non-hydrogen) atoms. The number of rotatable bonds is 9. The fourth-order valence-electron chi connectivity index (χ4n) is 6.39. The zero-order valence-electron chi connectivity index (χ0n) is 32.7. The molecule has 0 spiro atoms. The maximum atomic E-state index is 14.7. The first-order chi connectivity index (χ1) is 27.8. The zero-order chi connectivity index (χ0) is 41.9. The van der Waals surface area contributed by atoms with Crippen molar-refractivity contribution in [3.05, 3.63) is 129 Å². The van der Waals surface area contributed by atoms with E-state index in [1.54, 1.807) is 58.3 Å². The van der Waals surface area contributed by atoms with Crippen LogP contribution in [0, 0.1) is 11.6 Å². The van der Waals surface area contributed by atoms with Crippen LogP contribution < -0.4 is 15.5 Å². The van der Waals surface area contributed by atoms with Crippen LogP contribution in [0.25, 0.3) is 0 Å². The summed E-state index contributed by atoms with van der Waals surface area (Å²) in [4.78, 5) is 60.7. The first kappa shape index (κ1) is 44.0. The van der Waals surface area contributed by atoms with E-state index in [2.05, 4.69) is 14.5 Å². The number of amides is 4. The summed E-state index contributed by atoms with van der Waals surface area (Å²) in [6.45, 7) is 5.33. The summed E-state index contributed by atoms with van der Waals surface area (Å²) in [6.07, 6.45) is 0. The monoisotopic (exact) mass is 837 g/mol. The van der Waals surface area contributed by atoms with Gasteiger partial charge in [0.25, 0.3) is 0 Å². The van der Waals surface area contributed by atoms with Gasteiger partial charge in [-0.05, 0) is 68.7 Å². The molecule has 0 unspecified atom stereocenters. The molecule has 12 nitrogen and oxygen atoms in total. The fourth-order valence-corrected chi connectivity index (χ4v) is 6.76. The number of carbonyl (C=O) groups is 4. The molecule has 2 fully saturated rings. The molecule has 4 aromatic carbocycles. The van der Waals surface area contributed by atoms with Crippen molar-refractivity contribution in [2.45, 2.75) is 13.1 Å². The number of halogens is 4. The average Bonchev–Trinajstić information content (AvgIpc) is 3.22. The average molecular weight is 839 g/mol. The number of hydrogen-bond donors (Lipinski definition) is 1. The topological polar surface area (TPSA) is 123 Å². The van der Waals surface area contributed by atoms with Gasteiger partial charge in [0.15, 0.2) is 5.78 Å². The van der Waals surface area contributed by atoms with Gasteiger partial charge in [0.1, 0.15) is 11.6 Å². The summed E-state index contributed by atoms with van der Waals surface area (Å²) in [5.41, 5.74) is 7.45. The Bertz CT molecular complexity index is 1950. The minimum atomic E-state index is -0.615. The standard InChI is InChI=1S/C21H24ClFN4O2.C21H23ClFN3O3/c1-25-7-9-26(10-8-25)21(29)27(18-4-2-3-17(22)12-18)14-16-6-5-15(11-19(16)23)20(28)13-24;1-24-8-10-25(11-9-24)21(28)26(18-5-3-4-17(22)13-18)14-16-7-6-15(12-19(16)23)20(27)29-2/h2-6,11-12H,7-10,13-14,24H2,1H3;3-7,12-13H,8-11,14H2,1-2H3. The quantitative estimate of drug-likeness (QED) is 0.147. The fraction of sp³-hybridized carbons (Fsp3) is 0.333. The third-order valence-electron chi connectivity index (χ3n) is 9.94. The number of nitrogens with two attached hydrogens (primary N) is 1. The SMILES string of the molecule is CN1CCN(C(=O)N(Cc2ccc(C(=O)CN)cc2F)c2cccc(Cl)c2)CC1.COC(=O)c1ccc(CN(C(=O)N2CCN(C)CC2)c2cccc(Cl)c2)c(F)c1. The van der Waals surface area contributed by atoms with Gasteiger partial charge in [0.2, 0.25) is 0 Å². The molecule has 0 saturated carbocycles. The van der Waals surface area contributed by atoms with Crippen LogP contribution in [0.4, 0.5) is 29.7 Å². The van der Waals surface area contributed by atoms with Crippen LogP contribution in [-0.2, 0) is 17.8 Å². The van der Waals surface area contributed by atoms with Crippen LogP contribution in [0.15, 0.2) is 84.9 Å². The molecule has 0 aromatic heterocycles. The minimum Gasteiger partial charge on any atom is -0.465 e. The van der Waals surface area contributed by atoms with Crippen molar-refractivity contribution in [3.63, 3.8) is 0 Å². The van der Waals surface area contributed by atoms with Crippen LogP contribution in [0.5, 0.6) is 0 Å². The number of piperazine rings is 2. The Labute approximate surface area is 347 Å². The molecular formula is C42H47Cl2F2N7O5. The first-order valence-corrected chi connectivity index (χ1v) is 19.4. The summed E-state index contributed by atoms with van der Waals surface area (Å²) in [7, 11) is 5.26. The number of carbonyl (C=O) groups excluding carboxylic acids is 4. The third kappa shape index (κ3) is 11.5. The maximum absolute atomic E-state index is 14.7. The van der Waals surface area contributed by atoms with Crippen molar-refractivity contribution in [2.75, 3.05) is 89.9 Å². The largest absolute Gasteiger partial charge is 0.465 e. The smallest absolute Gasteiger partial charge is 0.337 e. The summed E-state index contributed by atoms with van der Waals surface area (Å²) < 4.78 is 34.0. The lowest BCUT2D eigenvalue weighted by atomic mass is 10.1. The van der Waals surface area contributed by atoms with Crippen LogP contribution in [-0.4, -0.2) is 124 Å². The van der Waals surface area contributed by atoms with Crippen molar-refractivity contribution < 1.29 is 32.7 Å². The molecule has 0 aliphatic carbocycles. The van der Waals surface area contributed by atoms with E-state index in [4.69, 9.17) is 28.9 Å². The van der Waals surface area contributed by atoms with E-state index < -0.39 is 17.6 Å². The number of ketones is 1. The van der Waals surface area contributed by atoms with E-state index in [-0.39, 0.29) is 48.6 Å². The van der Waals surface area contributed by atoms with Gasteiger partial charge >= 0.3 is 18.0 Å². The molecular weight excluding hydrogens is 791 g/mol. The second-order valence-corrected chi connectivity index (χ2v) is 14.9. The zero-order valence-corrected chi connectivity index (χ0v) is 34.2. The molecule has 2 aliphatic rings. The van der Waals surface area contributed by atoms with Gasteiger partial charge < -0.3 is 30.1 Å². The van der Waals surface area contributed by atoms with Crippen molar-refractivity contribution in [2.24, 2.45) is 5.73 Å². The Morgan fingerprint density at radius 1 is 0.638 bits per heavy atom. The Kier molecular flexibility index (Phi) is 15.6. The molecule has 2 aliphatic heterocycles. The number of Topliss-reactive ketones (excluding diaryl/α,β-unsaturated/α-hetero) is 1. The molecule has 2 saturated heterocycles. The maximum Gasteiger partial charge on any atom is 0.337 e. The molecule has 6 rings (SSSR count). The van der Waals surface area contributed by atoms with Gasteiger partial charge in [-0.1, -0.05) is 53.5 Å². The molecule has 0 atom stereocenters. The Morgan fingerprint density at radius 3 is 1.43 bits per heavy atom. The number of urea groups is 2. The van der Waals surface area contributed by atoms with Gasteiger partial charge in [-0.15, -0.1) is 0 Å². The second kappa shape index (κ2) is 20.5. The van der Waals surface area contributed by atoms with Gasteiger partial charge in [0, 0.05) is 90.5 Å². The van der Waals surface area contributed by atoms with Crippen molar-refractivity contribution in [3.8, 4) is 0 Å². The highest BCUT2D eigenvalue weighted by molar-refractivity contribution is 6.31. The Morgan fingerprint density at radius 2 is 1.05 bits per heavy atom. The summed E-state index contributed by atoms with van der Waals surface area (Å²) in [5.74, 6) is -2.08. The highest BCUT2D eigenvalue weighted by atomic mass is 35.5. The number of methoxy groups -OCH3 is 1. The lowest BCUT2D eigenvalue weighted by Gasteiger charge is -2.36. The highest BCUT2D eigenvalue weighted by Gasteiger charge is 2.28. The van der Waals surface area contributed by atoms with Crippen LogP contribution in [0.1, 0.15) is 31.8 Å². The molecule has 2 heterocycles. The number of likely N-dealkylation sites (N-methyl/N-ethyl adjacent to an activating group) is 2. The molecule has 2 N–H and O–H groups in total. The number of anilines is 2. The molecule has 4 aromatic rings. The Hall–Kier alpha value is -5.12. The predicted octanol–water partition coefficient (Wildman–Crippen LogP) is 6.63. The van der Waals surface area contributed by atoms with Crippen molar-refractivity contribution >= 4 is 58.4 Å². The van der Waals surface area contributed by atoms with Gasteiger partial charge in [-0.2, -0.15) is 0 Å². The summed E-state index contributed by atoms with van der Waals surface area (Å²) in [5, 5.41) is 0.975. The van der Waals surface area contributed by atoms with E-state index >= 15 is 0 Å². The van der Waals surface area contributed by atoms with E-state index in [9.17, 15) is 28.0 Å². The lowest BCUT2D eigenvalue weighted by molar-refractivity contribution is 0.0600. The summed E-state index contributed by atoms with van der Waals surface area (Å²) in [6, 6.07) is 21.7. The van der Waals surface area contributed by atoms with Crippen LogP contribution >= 0.6 is 23.2 Å². The number of esters is 1. The number of nitrogens with zero attached hydrogens (tertiary/aromatic N) is 6. The van der Waals surface area contributed by atoms with E-state index in [1.165, 1.54) is 47.2 Å². The number of ether oxygens (including phenoxy) is 1. The van der Waals surface area contributed by atoms with Crippen LogP contribution in [0.2, 0.25) is 10.0 Å². The minimum absolute atomic E-state index is 0.0127. The summed E-state index contributed by atoms with van der Waals surface area (Å²) >= 11 is 12.2. The molecule has 16 heteroatoms. The van der Waals surface area contributed by atoms with E-state index in [1.807, 2.05) is 14.1 Å². The van der Waals surface area contributed by atoms with E-state index in [0.717, 1.165) is 32.2 Å². The van der Waals surface area contributed by atoms with Crippen molar-refractivity contribution in [1.82, 2.24) is 19.6 Å².